The molecule has 0 unspecified atom stereocenters. The molecule has 3 nitrogen and oxygen atoms in total. The van der Waals surface area contributed by atoms with Gasteiger partial charge in [-0.3, -0.25) is 14.5 Å². The van der Waals surface area contributed by atoms with Crippen LogP contribution in [-0.2, 0) is 4.79 Å². The number of allylic oxidation sites excluding steroid dienone is 6. The van der Waals surface area contributed by atoms with Gasteiger partial charge in [0.15, 0.2) is 0 Å². The van der Waals surface area contributed by atoms with Crippen LogP contribution in [0.1, 0.15) is 12.5 Å². The summed E-state index contributed by atoms with van der Waals surface area (Å²) in [5.74, 6) is -0.957. The molecule has 0 aliphatic carbocycles. The predicted molar refractivity (Wildman–Crippen MR) is 97.2 cm³/mol. The summed E-state index contributed by atoms with van der Waals surface area (Å²) in [7, 11) is 0. The molecule has 1 aromatic rings. The minimum absolute atomic E-state index is 0.0735. The van der Waals surface area contributed by atoms with Crippen molar-refractivity contribution in [3.05, 3.63) is 77.3 Å². The summed E-state index contributed by atoms with van der Waals surface area (Å²) in [6.45, 7) is 4.05. The van der Waals surface area contributed by atoms with E-state index < -0.39 is 23.9 Å². The largest absolute Gasteiger partial charge is 0.406 e. The van der Waals surface area contributed by atoms with Crippen LogP contribution in [0.15, 0.2) is 71.7 Å². The molecule has 0 spiro atoms. The third-order valence-electron chi connectivity index (χ3n) is 3.42. The van der Waals surface area contributed by atoms with Crippen molar-refractivity contribution in [2.75, 3.05) is 6.54 Å². The molecule has 7 heteroatoms. The topological polar surface area (TPSA) is 37.4 Å². The summed E-state index contributed by atoms with van der Waals surface area (Å²) < 4.78 is 37.3. The van der Waals surface area contributed by atoms with Crippen LogP contribution in [0.25, 0.3) is 5.57 Å². The third-order valence-corrected chi connectivity index (χ3v) is 4.33. The van der Waals surface area contributed by atoms with Gasteiger partial charge >= 0.3 is 6.18 Å². The molecule has 2 rings (SSSR count). The van der Waals surface area contributed by atoms with Crippen molar-refractivity contribution in [1.82, 2.24) is 4.90 Å². The van der Waals surface area contributed by atoms with Crippen molar-refractivity contribution < 1.29 is 22.8 Å². The molecule has 0 radical (unpaired) electrons. The van der Waals surface area contributed by atoms with E-state index >= 15 is 0 Å². The van der Waals surface area contributed by atoms with Gasteiger partial charge in [0.25, 0.3) is 11.1 Å². The fourth-order valence-electron chi connectivity index (χ4n) is 2.22. The average molecular weight is 379 g/mol. The van der Waals surface area contributed by atoms with E-state index in [1.807, 2.05) is 43.3 Å². The Morgan fingerprint density at radius 1 is 1.19 bits per heavy atom. The molecule has 26 heavy (non-hydrogen) atoms. The lowest BCUT2D eigenvalue weighted by molar-refractivity contribution is -0.150. The monoisotopic (exact) mass is 379 g/mol. The van der Waals surface area contributed by atoms with E-state index in [9.17, 15) is 22.8 Å². The maximum Gasteiger partial charge on any atom is 0.406 e. The molecule has 1 saturated heterocycles. The van der Waals surface area contributed by atoms with E-state index in [-0.39, 0.29) is 9.81 Å². The number of carbonyl (C=O) groups excluding carboxylic acids is 2. The Kier molecular flexibility index (Phi) is 6.26. The minimum atomic E-state index is -4.63. The molecule has 0 atom stereocenters. The van der Waals surface area contributed by atoms with E-state index in [4.69, 9.17) is 0 Å². The molecule has 1 aromatic carbocycles. The van der Waals surface area contributed by atoms with Crippen LogP contribution in [0.5, 0.6) is 0 Å². The van der Waals surface area contributed by atoms with Gasteiger partial charge in [0.05, 0.1) is 4.91 Å². The normalized spacial score (nSPS) is 17.6. The van der Waals surface area contributed by atoms with Gasteiger partial charge in [0.1, 0.15) is 6.54 Å². The maximum absolute atomic E-state index is 12.4. The van der Waals surface area contributed by atoms with Crippen LogP contribution in [0.2, 0.25) is 0 Å². The number of hydrogen-bond donors (Lipinski definition) is 0. The third kappa shape index (κ3) is 5.23. The Labute approximate surface area is 153 Å². The molecule has 1 heterocycles. The number of amides is 2. The maximum atomic E-state index is 12.4. The Morgan fingerprint density at radius 3 is 2.42 bits per heavy atom. The van der Waals surface area contributed by atoms with Gasteiger partial charge in [-0.05, 0) is 41.5 Å². The second-order valence-electron chi connectivity index (χ2n) is 5.40. The summed E-state index contributed by atoms with van der Waals surface area (Å²) >= 11 is 0.476. The number of alkyl halides is 3. The molecule has 1 fully saturated rings. The van der Waals surface area contributed by atoms with Crippen molar-refractivity contribution in [2.45, 2.75) is 13.1 Å². The number of carbonyl (C=O) groups is 2. The van der Waals surface area contributed by atoms with Crippen molar-refractivity contribution in [3.8, 4) is 0 Å². The van der Waals surface area contributed by atoms with E-state index in [1.165, 1.54) is 6.08 Å². The second kappa shape index (κ2) is 8.23. The number of halogens is 3. The lowest BCUT2D eigenvalue weighted by atomic mass is 10.0. The lowest BCUT2D eigenvalue weighted by Gasteiger charge is -2.14. The van der Waals surface area contributed by atoms with E-state index in [0.29, 0.717) is 17.3 Å². The summed E-state index contributed by atoms with van der Waals surface area (Å²) in [4.78, 5) is 23.7. The van der Waals surface area contributed by atoms with Gasteiger partial charge in [-0.1, -0.05) is 55.1 Å². The molecular formula is C19H16F3NO2S. The molecular weight excluding hydrogens is 363 g/mol. The number of nitrogens with zero attached hydrogens (tertiary/aromatic N) is 1. The lowest BCUT2D eigenvalue weighted by Crippen LogP contribution is -2.37. The predicted octanol–water partition coefficient (Wildman–Crippen LogP) is 5.34. The van der Waals surface area contributed by atoms with Crippen molar-refractivity contribution in [2.24, 2.45) is 0 Å². The van der Waals surface area contributed by atoms with Gasteiger partial charge in [0, 0.05) is 0 Å². The van der Waals surface area contributed by atoms with Gasteiger partial charge in [0.2, 0.25) is 0 Å². The average Bonchev–Trinajstić information content (AvgIpc) is 2.82. The zero-order valence-electron chi connectivity index (χ0n) is 13.9. The number of benzene rings is 1. The van der Waals surface area contributed by atoms with Crippen molar-refractivity contribution in [1.29, 1.82) is 0 Å². The van der Waals surface area contributed by atoms with Crippen LogP contribution in [0.4, 0.5) is 18.0 Å². The first kappa shape index (κ1) is 19.8. The summed E-state index contributed by atoms with van der Waals surface area (Å²) in [6, 6.07) is 9.57. The fraction of sp³-hybridized carbons (Fsp3) is 0.158. The Balaban J connectivity index is 2.11. The summed E-state index contributed by atoms with van der Waals surface area (Å²) in [5, 5.41) is -0.936. The fourth-order valence-corrected chi connectivity index (χ4v) is 3.07. The smallest absolute Gasteiger partial charge is 0.268 e. The molecule has 136 valence electrons. The van der Waals surface area contributed by atoms with Gasteiger partial charge < -0.3 is 0 Å². The van der Waals surface area contributed by atoms with E-state index in [0.717, 1.165) is 11.1 Å². The first-order chi connectivity index (χ1) is 12.2. The van der Waals surface area contributed by atoms with Gasteiger partial charge in [-0.15, -0.1) is 0 Å². The number of imide groups is 1. The van der Waals surface area contributed by atoms with E-state index in [2.05, 4.69) is 6.58 Å². The van der Waals surface area contributed by atoms with Crippen molar-refractivity contribution >= 4 is 28.5 Å². The zero-order valence-corrected chi connectivity index (χ0v) is 14.7. The molecule has 0 bridgehead atoms. The SMILES string of the molecule is C=C(/C=C\C(=C/C)c1ccccc1)/C=C1\SC(=O)N(CC(F)(F)F)C1=O. The minimum Gasteiger partial charge on any atom is -0.268 e. The van der Waals surface area contributed by atoms with Crippen LogP contribution in [0.3, 0.4) is 0 Å². The molecule has 0 saturated carbocycles. The number of thioether (sulfide) groups is 1. The molecule has 0 N–H and O–H groups in total. The van der Waals surface area contributed by atoms with Gasteiger partial charge in [-0.2, -0.15) is 13.2 Å². The van der Waals surface area contributed by atoms with Crippen LogP contribution in [0, 0.1) is 0 Å². The number of hydrogen-bond acceptors (Lipinski definition) is 3. The van der Waals surface area contributed by atoms with Crippen LogP contribution >= 0.6 is 11.8 Å². The Morgan fingerprint density at radius 2 is 1.85 bits per heavy atom. The molecule has 0 aromatic heterocycles. The molecule has 1 aliphatic rings. The summed E-state index contributed by atoms with van der Waals surface area (Å²) in [5.41, 5.74) is 2.31. The standard InChI is InChI=1S/C19H16F3NO2S/c1-3-14(15-7-5-4-6-8-15)10-9-13(2)11-16-17(24)23(18(25)26-16)12-19(20,21)22/h3-11H,2,12H2,1H3/b10-9-,14-3+,16-11-. The van der Waals surface area contributed by atoms with Gasteiger partial charge in [-0.25, -0.2) is 0 Å². The molecule has 1 aliphatic heterocycles. The Bertz CT molecular complexity index is 808. The van der Waals surface area contributed by atoms with Crippen molar-refractivity contribution in [3.63, 3.8) is 0 Å². The second-order valence-corrected chi connectivity index (χ2v) is 6.39. The van der Waals surface area contributed by atoms with Crippen LogP contribution < -0.4 is 0 Å². The summed E-state index contributed by atoms with van der Waals surface area (Å²) in [6.07, 6.45) is 2.01. The first-order valence-electron chi connectivity index (χ1n) is 7.62. The highest BCUT2D eigenvalue weighted by Gasteiger charge is 2.42. The first-order valence-corrected chi connectivity index (χ1v) is 8.44. The number of rotatable bonds is 5. The van der Waals surface area contributed by atoms with Crippen LogP contribution in [-0.4, -0.2) is 28.8 Å². The zero-order chi connectivity index (χ0) is 19.3. The van der Waals surface area contributed by atoms with E-state index in [1.54, 1.807) is 12.2 Å². The highest BCUT2D eigenvalue weighted by Crippen LogP contribution is 2.33. The molecule has 2 amide bonds. The Hall–Kier alpha value is -2.54. The quantitative estimate of drug-likeness (QED) is 0.512. The highest BCUT2D eigenvalue weighted by molar-refractivity contribution is 8.18. The highest BCUT2D eigenvalue weighted by atomic mass is 32.2.